The first-order valence-electron chi connectivity index (χ1n) is 11.4. The topological polar surface area (TPSA) is 54.7 Å². The Morgan fingerprint density at radius 3 is 2.77 bits per heavy atom. The number of aryl methyl sites for hydroxylation is 1. The predicted molar refractivity (Wildman–Crippen MR) is 118 cm³/mol. The lowest BCUT2D eigenvalue weighted by atomic mass is 9.91. The van der Waals surface area contributed by atoms with Gasteiger partial charge in [0.05, 0.1) is 6.10 Å². The van der Waals surface area contributed by atoms with Crippen LogP contribution in [-0.4, -0.2) is 43.2 Å². The standard InChI is InChI=1S/C25H34N2O3/c1-19-7-9-24(30-19)22-5-2-4-21(16-22)18-27-13-11-20(12-14-27)8-10-25(28)26-17-23-6-3-15-29-23/h2,4-5,7,9,16,20,23H,3,6,8,10-15,17-18H2,1H3,(H,26,28)/t23-/m0/s1. The number of carbonyl (C=O) groups is 1. The van der Waals surface area contributed by atoms with Gasteiger partial charge in [-0.2, -0.15) is 0 Å². The molecule has 5 nitrogen and oxygen atoms in total. The van der Waals surface area contributed by atoms with E-state index in [1.165, 1.54) is 18.4 Å². The van der Waals surface area contributed by atoms with Crippen LogP contribution >= 0.6 is 0 Å². The van der Waals surface area contributed by atoms with Crippen molar-refractivity contribution in [3.8, 4) is 11.3 Å². The van der Waals surface area contributed by atoms with Crippen molar-refractivity contribution in [2.45, 2.75) is 58.1 Å². The summed E-state index contributed by atoms with van der Waals surface area (Å²) in [5.41, 5.74) is 2.47. The molecule has 5 heteroatoms. The molecule has 0 saturated carbocycles. The van der Waals surface area contributed by atoms with E-state index in [2.05, 4.69) is 34.5 Å². The molecule has 0 radical (unpaired) electrons. The van der Waals surface area contributed by atoms with Gasteiger partial charge in [0, 0.05) is 31.7 Å². The molecule has 1 aromatic carbocycles. The maximum atomic E-state index is 12.1. The molecule has 0 unspecified atom stereocenters. The number of nitrogens with one attached hydrogen (secondary N) is 1. The third kappa shape index (κ3) is 5.96. The Balaban J connectivity index is 1.17. The van der Waals surface area contributed by atoms with Gasteiger partial charge in [-0.25, -0.2) is 0 Å². The lowest BCUT2D eigenvalue weighted by Crippen LogP contribution is -2.34. The number of rotatable bonds is 8. The molecule has 1 atom stereocenters. The lowest BCUT2D eigenvalue weighted by Gasteiger charge is -2.32. The van der Waals surface area contributed by atoms with Crippen LogP contribution in [0.25, 0.3) is 11.3 Å². The van der Waals surface area contributed by atoms with Gasteiger partial charge < -0.3 is 14.5 Å². The molecule has 3 heterocycles. The van der Waals surface area contributed by atoms with Crippen molar-refractivity contribution in [1.29, 1.82) is 0 Å². The highest BCUT2D eigenvalue weighted by atomic mass is 16.5. The number of piperidine rings is 1. The number of hydrogen-bond acceptors (Lipinski definition) is 4. The van der Waals surface area contributed by atoms with Gasteiger partial charge in [0.15, 0.2) is 0 Å². The van der Waals surface area contributed by atoms with E-state index >= 15 is 0 Å². The Kier molecular flexibility index (Phi) is 7.24. The zero-order valence-corrected chi connectivity index (χ0v) is 18.1. The highest BCUT2D eigenvalue weighted by molar-refractivity contribution is 5.75. The first-order chi connectivity index (χ1) is 14.7. The smallest absolute Gasteiger partial charge is 0.220 e. The van der Waals surface area contributed by atoms with Gasteiger partial charge in [0.2, 0.25) is 5.91 Å². The van der Waals surface area contributed by atoms with Crippen LogP contribution in [0.15, 0.2) is 40.8 Å². The van der Waals surface area contributed by atoms with Gasteiger partial charge >= 0.3 is 0 Å². The molecule has 162 valence electrons. The van der Waals surface area contributed by atoms with Crippen LogP contribution in [0.5, 0.6) is 0 Å². The quantitative estimate of drug-likeness (QED) is 0.694. The van der Waals surface area contributed by atoms with Gasteiger partial charge in [-0.3, -0.25) is 9.69 Å². The van der Waals surface area contributed by atoms with Crippen LogP contribution in [0.4, 0.5) is 0 Å². The summed E-state index contributed by atoms with van der Waals surface area (Å²) in [7, 11) is 0. The lowest BCUT2D eigenvalue weighted by molar-refractivity contribution is -0.122. The average Bonchev–Trinajstić information content (AvgIpc) is 3.44. The third-order valence-electron chi connectivity index (χ3n) is 6.40. The normalized spacial score (nSPS) is 20.5. The number of benzene rings is 1. The van der Waals surface area contributed by atoms with Crippen molar-refractivity contribution < 1.29 is 13.9 Å². The number of carbonyl (C=O) groups excluding carboxylic acids is 1. The number of amides is 1. The Bertz CT molecular complexity index is 817. The van der Waals surface area contributed by atoms with E-state index < -0.39 is 0 Å². The van der Waals surface area contributed by atoms with Crippen molar-refractivity contribution in [3.63, 3.8) is 0 Å². The van der Waals surface area contributed by atoms with Gasteiger partial charge in [0.1, 0.15) is 11.5 Å². The van der Waals surface area contributed by atoms with Crippen molar-refractivity contribution in [1.82, 2.24) is 10.2 Å². The van der Waals surface area contributed by atoms with Gasteiger partial charge in [0.25, 0.3) is 0 Å². The molecular weight excluding hydrogens is 376 g/mol. The van der Waals surface area contributed by atoms with Crippen LogP contribution < -0.4 is 5.32 Å². The second-order valence-electron chi connectivity index (χ2n) is 8.81. The molecule has 0 spiro atoms. The van der Waals surface area contributed by atoms with Gasteiger partial charge in [-0.1, -0.05) is 18.2 Å². The molecule has 1 aromatic heterocycles. The summed E-state index contributed by atoms with van der Waals surface area (Å²) in [6.45, 7) is 6.67. The zero-order valence-electron chi connectivity index (χ0n) is 18.1. The molecule has 1 amide bonds. The fourth-order valence-corrected chi connectivity index (χ4v) is 4.56. The molecule has 0 bridgehead atoms. The zero-order chi connectivity index (χ0) is 20.8. The van der Waals surface area contributed by atoms with Crippen molar-refractivity contribution in [3.05, 3.63) is 47.7 Å². The van der Waals surface area contributed by atoms with Crippen LogP contribution in [0, 0.1) is 12.8 Å². The highest BCUT2D eigenvalue weighted by Crippen LogP contribution is 2.26. The number of furan rings is 1. The predicted octanol–water partition coefficient (Wildman–Crippen LogP) is 4.54. The number of ether oxygens (including phenoxy) is 1. The molecule has 2 fully saturated rings. The van der Waals surface area contributed by atoms with Crippen LogP contribution in [-0.2, 0) is 16.1 Å². The molecule has 0 aliphatic carbocycles. The molecule has 2 saturated heterocycles. The van der Waals surface area contributed by atoms with E-state index in [4.69, 9.17) is 9.15 Å². The molecule has 2 aliphatic rings. The second-order valence-corrected chi connectivity index (χ2v) is 8.81. The van der Waals surface area contributed by atoms with E-state index in [9.17, 15) is 4.79 Å². The SMILES string of the molecule is Cc1ccc(-c2cccc(CN3CCC(CCC(=O)NC[C@@H]4CCCO4)CC3)c2)o1. The Labute approximate surface area is 179 Å². The van der Waals surface area contributed by atoms with Crippen molar-refractivity contribution in [2.24, 2.45) is 5.92 Å². The minimum atomic E-state index is 0.179. The number of nitrogens with zero attached hydrogens (tertiary/aromatic N) is 1. The van der Waals surface area contributed by atoms with Crippen molar-refractivity contribution in [2.75, 3.05) is 26.2 Å². The van der Waals surface area contributed by atoms with E-state index in [0.29, 0.717) is 18.9 Å². The first-order valence-corrected chi connectivity index (χ1v) is 11.4. The summed E-state index contributed by atoms with van der Waals surface area (Å²) < 4.78 is 11.3. The minimum absolute atomic E-state index is 0.179. The molecule has 2 aliphatic heterocycles. The first kappa shape index (κ1) is 21.1. The van der Waals surface area contributed by atoms with E-state index in [-0.39, 0.29) is 12.0 Å². The highest BCUT2D eigenvalue weighted by Gasteiger charge is 2.21. The monoisotopic (exact) mass is 410 g/mol. The number of likely N-dealkylation sites (tertiary alicyclic amines) is 1. The largest absolute Gasteiger partial charge is 0.461 e. The van der Waals surface area contributed by atoms with Crippen molar-refractivity contribution >= 4 is 5.91 Å². The van der Waals surface area contributed by atoms with E-state index in [1.807, 2.05) is 19.1 Å². The molecule has 4 rings (SSSR count). The van der Waals surface area contributed by atoms with Gasteiger partial charge in [-0.05, 0) is 81.8 Å². The minimum Gasteiger partial charge on any atom is -0.461 e. The van der Waals surface area contributed by atoms with Gasteiger partial charge in [-0.15, -0.1) is 0 Å². The third-order valence-corrected chi connectivity index (χ3v) is 6.40. The molecule has 30 heavy (non-hydrogen) atoms. The second kappa shape index (κ2) is 10.3. The Morgan fingerprint density at radius 1 is 1.17 bits per heavy atom. The summed E-state index contributed by atoms with van der Waals surface area (Å²) in [6, 6.07) is 12.7. The fourth-order valence-electron chi connectivity index (χ4n) is 4.56. The average molecular weight is 411 g/mol. The maximum Gasteiger partial charge on any atom is 0.220 e. The molecular formula is C25H34N2O3. The maximum absolute atomic E-state index is 12.1. The van der Waals surface area contributed by atoms with Crippen LogP contribution in [0.3, 0.4) is 0 Å². The summed E-state index contributed by atoms with van der Waals surface area (Å²) >= 11 is 0. The summed E-state index contributed by atoms with van der Waals surface area (Å²) in [5.74, 6) is 2.72. The van der Waals surface area contributed by atoms with E-state index in [1.54, 1.807) is 0 Å². The van der Waals surface area contributed by atoms with E-state index in [0.717, 1.165) is 62.6 Å². The Hall–Kier alpha value is -2.11. The Morgan fingerprint density at radius 2 is 2.03 bits per heavy atom. The summed E-state index contributed by atoms with van der Waals surface area (Å²) in [5, 5.41) is 3.04. The molecule has 1 N–H and O–H groups in total. The summed E-state index contributed by atoms with van der Waals surface area (Å²) in [4.78, 5) is 14.6. The molecule has 2 aromatic rings. The number of hydrogen-bond donors (Lipinski definition) is 1. The van der Waals surface area contributed by atoms with Crippen LogP contribution in [0.2, 0.25) is 0 Å². The van der Waals surface area contributed by atoms with Crippen LogP contribution in [0.1, 0.15) is 49.8 Å². The fraction of sp³-hybridized carbons (Fsp3) is 0.560. The summed E-state index contributed by atoms with van der Waals surface area (Å²) in [6.07, 6.45) is 6.41.